The van der Waals surface area contributed by atoms with E-state index >= 15 is 0 Å². The van der Waals surface area contributed by atoms with Gasteiger partial charge in [-0.1, -0.05) is 13.8 Å². The van der Waals surface area contributed by atoms with E-state index in [4.69, 9.17) is 9.84 Å². The van der Waals surface area contributed by atoms with Crippen molar-refractivity contribution in [3.63, 3.8) is 0 Å². The predicted molar refractivity (Wildman–Crippen MR) is 55.1 cm³/mol. The van der Waals surface area contributed by atoms with Gasteiger partial charge in [-0.05, 0) is 19.3 Å². The maximum absolute atomic E-state index is 11.3. The number of amides is 1. The highest BCUT2D eigenvalue weighted by molar-refractivity contribution is 5.67. The second kappa shape index (κ2) is 6.65. The summed E-state index contributed by atoms with van der Waals surface area (Å²) in [6.45, 7) is 6.64. The number of hydrogen-bond acceptors (Lipinski definition) is 3. The summed E-state index contributed by atoms with van der Waals surface area (Å²) in [6, 6.07) is 0. The first-order valence-corrected chi connectivity index (χ1v) is 4.99. The number of nitrogens with zero attached hydrogens (tertiary/aromatic N) is 1. The number of aliphatic hydroxyl groups excluding tert-OH is 1. The Labute approximate surface area is 85.9 Å². The van der Waals surface area contributed by atoms with Crippen LogP contribution in [-0.4, -0.2) is 42.4 Å². The Hall–Kier alpha value is -0.770. The van der Waals surface area contributed by atoms with Crippen molar-refractivity contribution < 1.29 is 14.6 Å². The molecule has 0 aromatic heterocycles. The number of hydrogen-bond donors (Lipinski definition) is 1. The van der Waals surface area contributed by atoms with Gasteiger partial charge in [0.1, 0.15) is 0 Å². The highest BCUT2D eigenvalue weighted by Gasteiger charge is 2.10. The number of carbonyl (C=O) groups excluding carboxylic acids is 1. The molecule has 1 unspecified atom stereocenters. The van der Waals surface area contributed by atoms with Crippen LogP contribution in [0.5, 0.6) is 0 Å². The van der Waals surface area contributed by atoms with Crippen LogP contribution in [0, 0.1) is 5.92 Å². The molecule has 0 aliphatic carbocycles. The van der Waals surface area contributed by atoms with Crippen LogP contribution in [0.15, 0.2) is 0 Å². The summed E-state index contributed by atoms with van der Waals surface area (Å²) in [7, 11) is 1.67. The number of rotatable bonds is 5. The molecular formula is C10H21NO3. The van der Waals surface area contributed by atoms with E-state index in [-0.39, 0.29) is 12.2 Å². The molecule has 0 fully saturated rings. The second-order valence-electron chi connectivity index (χ2n) is 4.03. The van der Waals surface area contributed by atoms with Crippen LogP contribution in [0.1, 0.15) is 27.2 Å². The van der Waals surface area contributed by atoms with E-state index in [0.717, 1.165) is 0 Å². The van der Waals surface area contributed by atoms with Crippen molar-refractivity contribution >= 4 is 6.09 Å². The van der Waals surface area contributed by atoms with Crippen molar-refractivity contribution in [2.75, 3.05) is 20.2 Å². The molecule has 0 bridgehead atoms. The molecule has 1 amide bonds. The Morgan fingerprint density at radius 1 is 1.43 bits per heavy atom. The van der Waals surface area contributed by atoms with Crippen molar-refractivity contribution in [1.82, 2.24) is 4.90 Å². The van der Waals surface area contributed by atoms with Crippen LogP contribution in [-0.2, 0) is 4.74 Å². The second-order valence-corrected chi connectivity index (χ2v) is 4.03. The fourth-order valence-corrected chi connectivity index (χ4v) is 0.820. The topological polar surface area (TPSA) is 49.8 Å². The lowest BCUT2D eigenvalue weighted by Gasteiger charge is -2.18. The lowest BCUT2D eigenvalue weighted by molar-refractivity contribution is 0.0934. The lowest BCUT2D eigenvalue weighted by atomic mass is 10.2. The standard InChI is InChI=1S/C10H21NO3/c1-8(2)7-14-10(13)11(4)6-5-9(3)12/h8-9,12H,5-7H2,1-4H3. The monoisotopic (exact) mass is 203 g/mol. The third-order valence-corrected chi connectivity index (χ3v) is 1.73. The quantitative estimate of drug-likeness (QED) is 0.736. The van der Waals surface area contributed by atoms with Gasteiger partial charge < -0.3 is 14.7 Å². The Kier molecular flexibility index (Phi) is 6.28. The molecule has 0 saturated heterocycles. The minimum atomic E-state index is -0.379. The zero-order valence-electron chi connectivity index (χ0n) is 9.49. The fourth-order valence-electron chi connectivity index (χ4n) is 0.820. The van der Waals surface area contributed by atoms with Gasteiger partial charge in [0.15, 0.2) is 0 Å². The van der Waals surface area contributed by atoms with Gasteiger partial charge in [-0.2, -0.15) is 0 Å². The molecule has 1 atom stereocenters. The van der Waals surface area contributed by atoms with Gasteiger partial charge in [0, 0.05) is 13.6 Å². The Bertz CT molecular complexity index is 169. The van der Waals surface area contributed by atoms with Crippen molar-refractivity contribution in [2.45, 2.75) is 33.3 Å². The van der Waals surface area contributed by atoms with Crippen LogP contribution in [0.2, 0.25) is 0 Å². The van der Waals surface area contributed by atoms with Gasteiger partial charge in [0.25, 0.3) is 0 Å². The number of aliphatic hydroxyl groups is 1. The van der Waals surface area contributed by atoms with Crippen molar-refractivity contribution in [3.05, 3.63) is 0 Å². The maximum atomic E-state index is 11.3. The van der Waals surface area contributed by atoms with Gasteiger partial charge in [-0.25, -0.2) is 4.79 Å². The Morgan fingerprint density at radius 2 is 2.00 bits per heavy atom. The lowest BCUT2D eigenvalue weighted by Crippen LogP contribution is -2.30. The van der Waals surface area contributed by atoms with E-state index in [0.29, 0.717) is 25.5 Å². The highest BCUT2D eigenvalue weighted by atomic mass is 16.6. The highest BCUT2D eigenvalue weighted by Crippen LogP contribution is 1.99. The van der Waals surface area contributed by atoms with Gasteiger partial charge in [-0.15, -0.1) is 0 Å². The first-order valence-electron chi connectivity index (χ1n) is 4.99. The van der Waals surface area contributed by atoms with E-state index in [9.17, 15) is 4.79 Å². The zero-order valence-corrected chi connectivity index (χ0v) is 9.49. The molecule has 0 rings (SSSR count). The molecule has 0 heterocycles. The van der Waals surface area contributed by atoms with Gasteiger partial charge in [0.05, 0.1) is 12.7 Å². The molecule has 0 saturated carbocycles. The summed E-state index contributed by atoms with van der Waals surface area (Å²) in [5.41, 5.74) is 0. The van der Waals surface area contributed by atoms with Crippen molar-refractivity contribution in [3.8, 4) is 0 Å². The molecule has 14 heavy (non-hydrogen) atoms. The molecule has 4 nitrogen and oxygen atoms in total. The molecule has 84 valence electrons. The molecular weight excluding hydrogens is 182 g/mol. The van der Waals surface area contributed by atoms with Crippen LogP contribution in [0.25, 0.3) is 0 Å². The summed E-state index contributed by atoms with van der Waals surface area (Å²) >= 11 is 0. The number of ether oxygens (including phenoxy) is 1. The van der Waals surface area contributed by atoms with Gasteiger partial charge in [-0.3, -0.25) is 0 Å². The average molecular weight is 203 g/mol. The smallest absolute Gasteiger partial charge is 0.409 e. The molecule has 0 aromatic rings. The zero-order chi connectivity index (χ0) is 11.1. The predicted octanol–water partition coefficient (Wildman–Crippen LogP) is 1.48. The largest absolute Gasteiger partial charge is 0.449 e. The van der Waals surface area contributed by atoms with Crippen LogP contribution in [0.4, 0.5) is 4.79 Å². The third kappa shape index (κ3) is 6.71. The molecule has 0 aromatic carbocycles. The summed E-state index contributed by atoms with van der Waals surface area (Å²) in [6.07, 6.45) is -0.123. The van der Waals surface area contributed by atoms with Crippen LogP contribution >= 0.6 is 0 Å². The molecule has 0 radical (unpaired) electrons. The van der Waals surface area contributed by atoms with Crippen LogP contribution < -0.4 is 0 Å². The van der Waals surface area contributed by atoms with E-state index in [1.165, 1.54) is 4.90 Å². The first kappa shape index (κ1) is 13.2. The Morgan fingerprint density at radius 3 is 2.43 bits per heavy atom. The molecule has 4 heteroatoms. The molecule has 0 aliphatic heterocycles. The van der Waals surface area contributed by atoms with E-state index in [1.807, 2.05) is 13.8 Å². The normalized spacial score (nSPS) is 12.7. The Balaban J connectivity index is 3.65. The molecule has 1 N–H and O–H groups in total. The molecule has 0 spiro atoms. The summed E-state index contributed by atoms with van der Waals surface area (Å²) in [4.78, 5) is 12.8. The summed E-state index contributed by atoms with van der Waals surface area (Å²) < 4.78 is 5.00. The van der Waals surface area contributed by atoms with Gasteiger partial charge >= 0.3 is 6.09 Å². The van der Waals surface area contributed by atoms with E-state index in [2.05, 4.69) is 0 Å². The van der Waals surface area contributed by atoms with Crippen LogP contribution in [0.3, 0.4) is 0 Å². The molecule has 0 aliphatic rings. The SMILES string of the molecule is CC(C)COC(=O)N(C)CCC(C)O. The van der Waals surface area contributed by atoms with Crippen molar-refractivity contribution in [1.29, 1.82) is 0 Å². The maximum Gasteiger partial charge on any atom is 0.409 e. The summed E-state index contributed by atoms with van der Waals surface area (Å²) in [5, 5.41) is 9.02. The van der Waals surface area contributed by atoms with E-state index < -0.39 is 0 Å². The summed E-state index contributed by atoms with van der Waals surface area (Å²) in [5.74, 6) is 0.351. The minimum absolute atomic E-state index is 0.320. The van der Waals surface area contributed by atoms with Gasteiger partial charge in [0.2, 0.25) is 0 Å². The van der Waals surface area contributed by atoms with E-state index in [1.54, 1.807) is 14.0 Å². The van der Waals surface area contributed by atoms with Crippen molar-refractivity contribution in [2.24, 2.45) is 5.92 Å². The third-order valence-electron chi connectivity index (χ3n) is 1.73. The minimum Gasteiger partial charge on any atom is -0.449 e. The number of carbonyl (C=O) groups is 1. The fraction of sp³-hybridized carbons (Fsp3) is 0.900. The average Bonchev–Trinajstić information content (AvgIpc) is 2.09. The first-order chi connectivity index (χ1) is 6.43.